The summed E-state index contributed by atoms with van der Waals surface area (Å²) in [7, 11) is 0. The van der Waals surface area contributed by atoms with Crippen molar-refractivity contribution in [2.75, 3.05) is 18.1 Å². The van der Waals surface area contributed by atoms with Crippen molar-refractivity contribution in [3.63, 3.8) is 0 Å². The Morgan fingerprint density at radius 2 is 2.17 bits per heavy atom. The normalized spacial score (nSPS) is 19.1. The van der Waals surface area contributed by atoms with Gasteiger partial charge in [-0.15, -0.1) is 0 Å². The number of thioether (sulfide) groups is 1. The number of nitrogens with zero attached hydrogens (tertiary/aromatic N) is 3. The summed E-state index contributed by atoms with van der Waals surface area (Å²) < 4.78 is 7.61. The third-order valence-corrected chi connectivity index (χ3v) is 5.02. The van der Waals surface area contributed by atoms with E-state index >= 15 is 0 Å². The van der Waals surface area contributed by atoms with E-state index in [0.29, 0.717) is 5.56 Å². The van der Waals surface area contributed by atoms with E-state index in [1.807, 2.05) is 46.6 Å². The van der Waals surface area contributed by atoms with Crippen LogP contribution < -0.4 is 0 Å². The smallest absolute Gasteiger partial charge is 0.257 e. The molecule has 0 radical (unpaired) electrons. The second-order valence-corrected chi connectivity index (χ2v) is 8.03. The number of amides is 1. The SMILES string of the molecule is Cc1ccc(C2CSCCN2C(=O)c2cnn(C(C)(C)C)c2)o1. The molecular weight excluding hydrogens is 310 g/mol. The molecule has 0 bridgehead atoms. The molecular formula is C17H23N3O2S. The minimum atomic E-state index is -0.131. The zero-order valence-corrected chi connectivity index (χ0v) is 14.9. The second-order valence-electron chi connectivity index (χ2n) is 6.88. The topological polar surface area (TPSA) is 51.3 Å². The second kappa shape index (κ2) is 6.07. The van der Waals surface area contributed by atoms with Gasteiger partial charge in [0.2, 0.25) is 0 Å². The molecule has 2 aromatic heterocycles. The van der Waals surface area contributed by atoms with E-state index in [4.69, 9.17) is 4.42 Å². The monoisotopic (exact) mass is 333 g/mol. The minimum Gasteiger partial charge on any atom is -0.464 e. The Kier molecular flexibility index (Phi) is 4.27. The Balaban J connectivity index is 1.85. The molecule has 1 fully saturated rings. The van der Waals surface area contributed by atoms with Gasteiger partial charge in [-0.05, 0) is 39.8 Å². The Labute approximate surface area is 141 Å². The lowest BCUT2D eigenvalue weighted by atomic mass is 10.1. The summed E-state index contributed by atoms with van der Waals surface area (Å²) in [5, 5.41) is 4.35. The van der Waals surface area contributed by atoms with Crippen LogP contribution in [0.4, 0.5) is 0 Å². The van der Waals surface area contributed by atoms with Crippen LogP contribution in [0.5, 0.6) is 0 Å². The van der Waals surface area contributed by atoms with Crippen LogP contribution in [0.1, 0.15) is 48.7 Å². The molecule has 0 spiro atoms. The summed E-state index contributed by atoms with van der Waals surface area (Å²) in [5.74, 6) is 3.59. The highest BCUT2D eigenvalue weighted by Gasteiger charge is 2.32. The third kappa shape index (κ3) is 3.32. The molecule has 5 nitrogen and oxygen atoms in total. The largest absolute Gasteiger partial charge is 0.464 e. The van der Waals surface area contributed by atoms with Crippen molar-refractivity contribution in [2.45, 2.75) is 39.3 Å². The van der Waals surface area contributed by atoms with E-state index in [0.717, 1.165) is 29.6 Å². The standard InChI is InChI=1S/C17H23N3O2S/c1-12-5-6-15(22-12)14-11-23-8-7-19(14)16(21)13-9-18-20(10-13)17(2,3)4/h5-6,9-10,14H,7-8,11H2,1-4H3. The van der Waals surface area contributed by atoms with E-state index in [1.54, 1.807) is 6.20 Å². The van der Waals surface area contributed by atoms with Crippen LogP contribution in [0.2, 0.25) is 0 Å². The maximum Gasteiger partial charge on any atom is 0.257 e. The Bertz CT molecular complexity index is 699. The Morgan fingerprint density at radius 1 is 1.39 bits per heavy atom. The van der Waals surface area contributed by atoms with Crippen LogP contribution in [0.25, 0.3) is 0 Å². The molecule has 3 heterocycles. The summed E-state index contributed by atoms with van der Waals surface area (Å²) in [4.78, 5) is 14.9. The molecule has 0 aromatic carbocycles. The van der Waals surface area contributed by atoms with E-state index in [9.17, 15) is 4.79 Å². The number of rotatable bonds is 2. The first-order chi connectivity index (χ1) is 10.9. The first kappa shape index (κ1) is 16.2. The molecule has 1 aliphatic heterocycles. The fraction of sp³-hybridized carbons (Fsp3) is 0.529. The van der Waals surface area contributed by atoms with Crippen LogP contribution in [-0.4, -0.2) is 38.6 Å². The van der Waals surface area contributed by atoms with Gasteiger partial charge in [0.1, 0.15) is 11.5 Å². The summed E-state index contributed by atoms with van der Waals surface area (Å²) in [6, 6.07) is 3.92. The number of hydrogen-bond acceptors (Lipinski definition) is 4. The molecule has 0 saturated carbocycles. The Morgan fingerprint density at radius 3 is 2.78 bits per heavy atom. The fourth-order valence-electron chi connectivity index (χ4n) is 2.68. The van der Waals surface area contributed by atoms with Gasteiger partial charge in [0.05, 0.1) is 23.3 Å². The van der Waals surface area contributed by atoms with Crippen LogP contribution in [0, 0.1) is 6.92 Å². The zero-order valence-electron chi connectivity index (χ0n) is 14.1. The number of hydrogen-bond donors (Lipinski definition) is 0. The van der Waals surface area contributed by atoms with Gasteiger partial charge in [0.25, 0.3) is 5.91 Å². The zero-order chi connectivity index (χ0) is 16.6. The number of aryl methyl sites for hydroxylation is 1. The van der Waals surface area contributed by atoms with Gasteiger partial charge in [-0.2, -0.15) is 16.9 Å². The van der Waals surface area contributed by atoms with Gasteiger partial charge >= 0.3 is 0 Å². The van der Waals surface area contributed by atoms with E-state index < -0.39 is 0 Å². The molecule has 2 aromatic rings. The van der Waals surface area contributed by atoms with E-state index in [2.05, 4.69) is 25.9 Å². The van der Waals surface area contributed by atoms with Gasteiger partial charge < -0.3 is 9.32 Å². The fourth-order valence-corrected chi connectivity index (χ4v) is 3.74. The predicted molar refractivity (Wildman–Crippen MR) is 91.8 cm³/mol. The summed E-state index contributed by atoms with van der Waals surface area (Å²) in [6.07, 6.45) is 3.51. The molecule has 1 aliphatic rings. The molecule has 0 N–H and O–H groups in total. The summed E-state index contributed by atoms with van der Waals surface area (Å²) in [5.41, 5.74) is 0.508. The molecule has 124 valence electrons. The average molecular weight is 333 g/mol. The average Bonchev–Trinajstić information content (AvgIpc) is 3.15. The maximum absolute atomic E-state index is 13.0. The molecule has 0 aliphatic carbocycles. The highest BCUT2D eigenvalue weighted by Crippen LogP contribution is 2.32. The molecule has 1 atom stereocenters. The highest BCUT2D eigenvalue weighted by atomic mass is 32.2. The number of aromatic nitrogens is 2. The van der Waals surface area contributed by atoms with Gasteiger partial charge in [0, 0.05) is 24.2 Å². The van der Waals surface area contributed by atoms with Crippen LogP contribution >= 0.6 is 11.8 Å². The molecule has 3 rings (SSSR count). The first-order valence-corrected chi connectivity index (χ1v) is 9.02. The molecule has 1 amide bonds. The number of carbonyl (C=O) groups is 1. The summed E-state index contributed by atoms with van der Waals surface area (Å²) >= 11 is 1.86. The van der Waals surface area contributed by atoms with Gasteiger partial charge in [-0.1, -0.05) is 0 Å². The number of carbonyl (C=O) groups excluding carboxylic acids is 1. The lowest BCUT2D eigenvalue weighted by molar-refractivity contribution is 0.0681. The van der Waals surface area contributed by atoms with Crippen molar-refractivity contribution >= 4 is 17.7 Å². The summed E-state index contributed by atoms with van der Waals surface area (Å²) in [6.45, 7) is 8.87. The highest BCUT2D eigenvalue weighted by molar-refractivity contribution is 7.99. The van der Waals surface area contributed by atoms with Gasteiger partial charge in [-0.25, -0.2) is 0 Å². The van der Waals surface area contributed by atoms with Crippen LogP contribution in [0.15, 0.2) is 28.9 Å². The lowest BCUT2D eigenvalue weighted by Crippen LogP contribution is -2.40. The molecule has 6 heteroatoms. The molecule has 1 unspecified atom stereocenters. The maximum atomic E-state index is 13.0. The van der Waals surface area contributed by atoms with Crippen molar-refractivity contribution in [1.82, 2.24) is 14.7 Å². The van der Waals surface area contributed by atoms with Gasteiger partial charge in [0.15, 0.2) is 0 Å². The van der Waals surface area contributed by atoms with Crippen LogP contribution in [0.3, 0.4) is 0 Å². The van der Waals surface area contributed by atoms with E-state index in [1.165, 1.54) is 0 Å². The first-order valence-electron chi connectivity index (χ1n) is 7.86. The van der Waals surface area contributed by atoms with E-state index in [-0.39, 0.29) is 17.5 Å². The third-order valence-electron chi connectivity index (χ3n) is 4.00. The minimum absolute atomic E-state index is 0.00654. The van der Waals surface area contributed by atoms with Crippen molar-refractivity contribution in [3.8, 4) is 0 Å². The van der Waals surface area contributed by atoms with Crippen LogP contribution in [-0.2, 0) is 5.54 Å². The number of furan rings is 1. The lowest BCUT2D eigenvalue weighted by Gasteiger charge is -2.34. The van der Waals surface area contributed by atoms with Crippen molar-refractivity contribution in [1.29, 1.82) is 0 Å². The van der Waals surface area contributed by atoms with Gasteiger partial charge in [-0.3, -0.25) is 9.48 Å². The van der Waals surface area contributed by atoms with Crippen molar-refractivity contribution in [2.24, 2.45) is 0 Å². The quantitative estimate of drug-likeness (QED) is 0.844. The molecule has 23 heavy (non-hydrogen) atoms. The molecule has 1 saturated heterocycles. The van der Waals surface area contributed by atoms with Crippen molar-refractivity contribution < 1.29 is 9.21 Å². The Hall–Kier alpha value is -1.69. The predicted octanol–water partition coefficient (Wildman–Crippen LogP) is 3.47. The van der Waals surface area contributed by atoms with Crippen molar-refractivity contribution in [3.05, 3.63) is 41.6 Å².